The Morgan fingerprint density at radius 3 is 2.55 bits per heavy atom. The normalized spacial score (nSPS) is 28.0. The van der Waals surface area contributed by atoms with Crippen molar-refractivity contribution in [2.75, 3.05) is 25.2 Å². The van der Waals surface area contributed by atoms with Crippen LogP contribution in [0.5, 0.6) is 0 Å². The highest BCUT2D eigenvalue weighted by molar-refractivity contribution is 7.99. The van der Waals surface area contributed by atoms with E-state index in [0.29, 0.717) is 0 Å². The zero-order valence-corrected chi connectivity index (χ0v) is 12.7. The van der Waals surface area contributed by atoms with Gasteiger partial charge in [-0.2, -0.15) is 0 Å². The van der Waals surface area contributed by atoms with Gasteiger partial charge in [0, 0.05) is 25.4 Å². The summed E-state index contributed by atoms with van der Waals surface area (Å²) in [6.07, 6.45) is 3.60. The minimum Gasteiger partial charge on any atom is -0.341 e. The Labute approximate surface area is 124 Å². The van der Waals surface area contributed by atoms with Crippen LogP contribution in [0.2, 0.25) is 0 Å². The zero-order chi connectivity index (χ0) is 14.5. The number of carbonyl (C=O) groups is 2. The third-order valence-corrected chi connectivity index (χ3v) is 5.16. The first-order valence-electron chi connectivity index (χ1n) is 7.22. The lowest BCUT2D eigenvalue weighted by molar-refractivity contribution is -0.132. The molecule has 2 aliphatic rings. The average Bonchev–Trinajstić information content (AvgIpc) is 3.00. The molecule has 1 atom stereocenters. The van der Waals surface area contributed by atoms with E-state index in [9.17, 15) is 9.59 Å². The van der Waals surface area contributed by atoms with Gasteiger partial charge in [-0.25, -0.2) is 4.79 Å². The molecule has 0 bridgehead atoms. The van der Waals surface area contributed by atoms with E-state index >= 15 is 0 Å². The molecule has 1 saturated heterocycles. The summed E-state index contributed by atoms with van der Waals surface area (Å²) in [6.45, 7) is 0.824. The molecule has 2 fully saturated rings. The number of nitrogens with two attached hydrogens (primary N) is 1. The Morgan fingerprint density at radius 1 is 1.30 bits per heavy atom. The van der Waals surface area contributed by atoms with Crippen LogP contribution >= 0.6 is 11.8 Å². The van der Waals surface area contributed by atoms with Gasteiger partial charge in [0.25, 0.3) is 0 Å². The minimum absolute atomic E-state index is 0.0951. The summed E-state index contributed by atoms with van der Waals surface area (Å²) in [6, 6.07) is -0.312. The molecule has 0 aromatic carbocycles. The van der Waals surface area contributed by atoms with Gasteiger partial charge in [-0.05, 0) is 31.6 Å². The SMILES string of the molecule is CNC(=O)NC1CCC(C(N)C(=O)N2CCSC2)CC1. The van der Waals surface area contributed by atoms with Crippen molar-refractivity contribution in [3.8, 4) is 0 Å². The number of hydrogen-bond donors (Lipinski definition) is 3. The monoisotopic (exact) mass is 300 g/mol. The third-order valence-electron chi connectivity index (χ3n) is 4.19. The Hall–Kier alpha value is -0.950. The fraction of sp³-hybridized carbons (Fsp3) is 0.846. The van der Waals surface area contributed by atoms with Gasteiger partial charge < -0.3 is 21.3 Å². The second kappa shape index (κ2) is 7.17. The Kier molecular flexibility index (Phi) is 5.54. The fourth-order valence-electron chi connectivity index (χ4n) is 2.88. The van der Waals surface area contributed by atoms with Crippen molar-refractivity contribution in [3.63, 3.8) is 0 Å². The quantitative estimate of drug-likeness (QED) is 0.701. The maximum atomic E-state index is 12.3. The minimum atomic E-state index is -0.380. The summed E-state index contributed by atoms with van der Waals surface area (Å²) < 4.78 is 0. The molecular weight excluding hydrogens is 276 g/mol. The number of amides is 3. The van der Waals surface area contributed by atoms with E-state index < -0.39 is 0 Å². The van der Waals surface area contributed by atoms with Crippen molar-refractivity contribution in [2.45, 2.75) is 37.8 Å². The van der Waals surface area contributed by atoms with Crippen LogP contribution in [0.15, 0.2) is 0 Å². The number of hydrogen-bond acceptors (Lipinski definition) is 4. The first kappa shape index (κ1) is 15.4. The van der Waals surface area contributed by atoms with Gasteiger partial charge in [0.05, 0.1) is 11.9 Å². The molecule has 3 amide bonds. The molecule has 0 spiro atoms. The highest BCUT2D eigenvalue weighted by Gasteiger charge is 2.33. The Morgan fingerprint density at radius 2 is 2.00 bits per heavy atom. The molecule has 7 heteroatoms. The van der Waals surface area contributed by atoms with Crippen LogP contribution in [0.3, 0.4) is 0 Å². The number of carbonyl (C=O) groups excluding carboxylic acids is 2. The fourth-order valence-corrected chi connectivity index (χ4v) is 3.84. The predicted octanol–water partition coefficient (Wildman–Crippen LogP) is 0.334. The average molecular weight is 300 g/mol. The van der Waals surface area contributed by atoms with E-state index in [-0.39, 0.29) is 29.9 Å². The largest absolute Gasteiger partial charge is 0.341 e. The van der Waals surface area contributed by atoms with E-state index in [1.807, 2.05) is 4.90 Å². The van der Waals surface area contributed by atoms with E-state index in [0.717, 1.165) is 43.9 Å². The van der Waals surface area contributed by atoms with Crippen molar-refractivity contribution in [3.05, 3.63) is 0 Å². The first-order valence-corrected chi connectivity index (χ1v) is 8.37. The molecule has 1 aliphatic carbocycles. The molecule has 1 aliphatic heterocycles. The zero-order valence-electron chi connectivity index (χ0n) is 11.9. The molecule has 6 nitrogen and oxygen atoms in total. The number of rotatable bonds is 3. The summed E-state index contributed by atoms with van der Waals surface area (Å²) in [7, 11) is 1.61. The maximum absolute atomic E-state index is 12.3. The van der Waals surface area contributed by atoms with Gasteiger partial charge in [-0.1, -0.05) is 0 Å². The van der Waals surface area contributed by atoms with E-state index in [2.05, 4.69) is 10.6 Å². The third kappa shape index (κ3) is 3.79. The molecule has 0 aromatic rings. The van der Waals surface area contributed by atoms with E-state index in [1.165, 1.54) is 0 Å². The molecule has 1 unspecified atom stereocenters. The van der Waals surface area contributed by atoms with Crippen LogP contribution in [-0.4, -0.2) is 54.1 Å². The van der Waals surface area contributed by atoms with E-state index in [1.54, 1.807) is 18.8 Å². The predicted molar refractivity (Wildman–Crippen MR) is 80.4 cm³/mol. The summed E-state index contributed by atoms with van der Waals surface area (Å²) in [4.78, 5) is 25.4. The van der Waals surface area contributed by atoms with Gasteiger partial charge in [0.2, 0.25) is 5.91 Å². The number of thioether (sulfide) groups is 1. The molecule has 4 N–H and O–H groups in total. The number of nitrogens with one attached hydrogen (secondary N) is 2. The lowest BCUT2D eigenvalue weighted by Crippen LogP contribution is -2.49. The van der Waals surface area contributed by atoms with Gasteiger partial charge in [-0.15, -0.1) is 11.8 Å². The lowest BCUT2D eigenvalue weighted by Gasteiger charge is -2.33. The van der Waals surface area contributed by atoms with Gasteiger partial charge >= 0.3 is 6.03 Å². The smallest absolute Gasteiger partial charge is 0.314 e. The molecular formula is C13H24N4O2S. The number of urea groups is 1. The van der Waals surface area contributed by atoms with Crippen molar-refractivity contribution in [1.29, 1.82) is 0 Å². The second-order valence-electron chi connectivity index (χ2n) is 5.50. The first-order chi connectivity index (χ1) is 9.61. The standard InChI is InChI=1S/C13H24N4O2S/c1-15-13(19)16-10-4-2-9(3-5-10)11(14)12(18)17-6-7-20-8-17/h9-11H,2-8,14H2,1H3,(H2,15,16,19). The second-order valence-corrected chi connectivity index (χ2v) is 6.57. The molecule has 0 aromatic heterocycles. The highest BCUT2D eigenvalue weighted by atomic mass is 32.2. The van der Waals surface area contributed by atoms with Crippen LogP contribution in [-0.2, 0) is 4.79 Å². The Bertz CT molecular complexity index is 352. The van der Waals surface area contributed by atoms with Crippen LogP contribution < -0.4 is 16.4 Å². The van der Waals surface area contributed by atoms with Crippen LogP contribution in [0.4, 0.5) is 4.79 Å². The molecule has 1 saturated carbocycles. The highest BCUT2D eigenvalue weighted by Crippen LogP contribution is 2.28. The van der Waals surface area contributed by atoms with Crippen LogP contribution in [0.1, 0.15) is 25.7 Å². The molecule has 1 heterocycles. The summed E-state index contributed by atoms with van der Waals surface area (Å²) in [5, 5.41) is 5.49. The number of nitrogens with zero attached hydrogens (tertiary/aromatic N) is 1. The Balaban J connectivity index is 1.77. The summed E-state index contributed by atoms with van der Waals surface area (Å²) in [5.41, 5.74) is 6.14. The molecule has 114 valence electrons. The van der Waals surface area contributed by atoms with Crippen molar-refractivity contribution in [2.24, 2.45) is 11.7 Å². The summed E-state index contributed by atoms with van der Waals surface area (Å²) in [5.74, 6) is 2.13. The van der Waals surface area contributed by atoms with Gasteiger partial charge in [0.1, 0.15) is 0 Å². The van der Waals surface area contributed by atoms with Crippen molar-refractivity contribution >= 4 is 23.7 Å². The molecule has 2 rings (SSSR count). The van der Waals surface area contributed by atoms with E-state index in [4.69, 9.17) is 5.73 Å². The maximum Gasteiger partial charge on any atom is 0.314 e. The lowest BCUT2D eigenvalue weighted by atomic mass is 9.81. The van der Waals surface area contributed by atoms with Gasteiger partial charge in [-0.3, -0.25) is 4.79 Å². The van der Waals surface area contributed by atoms with Crippen LogP contribution in [0.25, 0.3) is 0 Å². The topological polar surface area (TPSA) is 87.5 Å². The van der Waals surface area contributed by atoms with Crippen molar-refractivity contribution in [1.82, 2.24) is 15.5 Å². The van der Waals surface area contributed by atoms with Crippen molar-refractivity contribution < 1.29 is 9.59 Å². The molecule has 20 heavy (non-hydrogen) atoms. The summed E-state index contributed by atoms with van der Waals surface area (Å²) >= 11 is 1.78. The molecule has 0 radical (unpaired) electrons. The van der Waals surface area contributed by atoms with Gasteiger partial charge in [0.15, 0.2) is 0 Å². The van der Waals surface area contributed by atoms with Crippen LogP contribution in [0, 0.1) is 5.92 Å².